The summed E-state index contributed by atoms with van der Waals surface area (Å²) in [5.74, 6) is 0.420. The lowest BCUT2D eigenvalue weighted by molar-refractivity contribution is -0.122. The van der Waals surface area contributed by atoms with Crippen molar-refractivity contribution in [3.8, 4) is 0 Å². The van der Waals surface area contributed by atoms with Crippen LogP contribution in [0.3, 0.4) is 0 Å². The van der Waals surface area contributed by atoms with Crippen LogP contribution in [-0.2, 0) is 9.59 Å². The summed E-state index contributed by atoms with van der Waals surface area (Å²) in [7, 11) is 0. The molecule has 0 aromatic heterocycles. The van der Waals surface area contributed by atoms with Gasteiger partial charge in [0, 0.05) is 25.9 Å². The standard InChI is InChI=1S/C46H90N4O2/c1-3-5-7-9-11-13-15-17-19-21-23-25-27-29-31-37-45(51)49-43-35-41-47-39-33-34-40-48-42-36-44-50-46(52)38-32-30-28-26-24-22-20-18-16-14-12-10-8-6-4-2/h17-20,47-48H,3-16,21-44H2,1-2H3,(H,49,51)(H,50,52). The van der Waals surface area contributed by atoms with Crippen molar-refractivity contribution in [2.75, 3.05) is 39.3 Å². The summed E-state index contributed by atoms with van der Waals surface area (Å²) in [4.78, 5) is 24.2. The van der Waals surface area contributed by atoms with Gasteiger partial charge < -0.3 is 21.3 Å². The summed E-state index contributed by atoms with van der Waals surface area (Å²) in [6.45, 7) is 10.1. The van der Waals surface area contributed by atoms with Crippen molar-refractivity contribution in [1.82, 2.24) is 21.3 Å². The molecule has 0 heterocycles. The third-order valence-corrected chi connectivity index (χ3v) is 9.99. The van der Waals surface area contributed by atoms with E-state index in [9.17, 15) is 9.59 Å². The molecule has 0 bridgehead atoms. The Morgan fingerprint density at radius 3 is 0.962 bits per heavy atom. The predicted molar refractivity (Wildman–Crippen MR) is 229 cm³/mol. The van der Waals surface area contributed by atoms with Gasteiger partial charge in [0.2, 0.25) is 11.8 Å². The Bertz CT molecular complexity index is 720. The second-order valence-corrected chi connectivity index (χ2v) is 15.3. The number of unbranched alkanes of at least 4 members (excludes halogenated alkanes) is 23. The molecule has 0 rings (SSSR count). The Morgan fingerprint density at radius 1 is 0.327 bits per heavy atom. The molecule has 0 aromatic carbocycles. The number of hydrogen-bond acceptors (Lipinski definition) is 4. The lowest BCUT2D eigenvalue weighted by atomic mass is 10.1. The van der Waals surface area contributed by atoms with Gasteiger partial charge in [-0.15, -0.1) is 0 Å². The first-order chi connectivity index (χ1) is 25.7. The summed E-state index contributed by atoms with van der Waals surface area (Å²) in [5, 5.41) is 13.2. The van der Waals surface area contributed by atoms with Crippen LogP contribution >= 0.6 is 0 Å². The number of allylic oxidation sites excluding steroid dienone is 4. The molecule has 0 saturated carbocycles. The van der Waals surface area contributed by atoms with Crippen molar-refractivity contribution in [3.05, 3.63) is 24.3 Å². The average Bonchev–Trinajstić information content (AvgIpc) is 3.14. The highest BCUT2D eigenvalue weighted by Crippen LogP contribution is 2.11. The first kappa shape index (κ1) is 50.3. The molecular weight excluding hydrogens is 641 g/mol. The molecule has 0 aliphatic heterocycles. The highest BCUT2D eigenvalue weighted by molar-refractivity contribution is 5.76. The molecule has 0 unspecified atom stereocenters. The maximum atomic E-state index is 12.1. The second kappa shape index (κ2) is 45.5. The highest BCUT2D eigenvalue weighted by atomic mass is 16.2. The Morgan fingerprint density at radius 2 is 0.615 bits per heavy atom. The summed E-state index contributed by atoms with van der Waals surface area (Å²) < 4.78 is 0. The number of nitrogens with one attached hydrogen (secondary N) is 4. The zero-order chi connectivity index (χ0) is 37.7. The molecule has 306 valence electrons. The first-order valence-electron chi connectivity index (χ1n) is 23.0. The Balaban J connectivity index is 3.26. The van der Waals surface area contributed by atoms with Gasteiger partial charge in [0.05, 0.1) is 0 Å². The van der Waals surface area contributed by atoms with Crippen molar-refractivity contribution < 1.29 is 9.59 Å². The number of hydrogen-bond donors (Lipinski definition) is 4. The van der Waals surface area contributed by atoms with Crippen LogP contribution in [0.4, 0.5) is 0 Å². The van der Waals surface area contributed by atoms with E-state index in [0.29, 0.717) is 12.8 Å². The molecule has 6 nitrogen and oxygen atoms in total. The van der Waals surface area contributed by atoms with Gasteiger partial charge in [-0.1, -0.05) is 141 Å². The first-order valence-corrected chi connectivity index (χ1v) is 23.0. The fourth-order valence-electron chi connectivity index (χ4n) is 6.52. The monoisotopic (exact) mass is 731 g/mol. The minimum atomic E-state index is 0.210. The topological polar surface area (TPSA) is 82.3 Å². The molecule has 0 spiro atoms. The Kier molecular flexibility index (Phi) is 44.0. The summed E-state index contributed by atoms with van der Waals surface area (Å²) >= 11 is 0. The van der Waals surface area contributed by atoms with Crippen LogP contribution in [0.5, 0.6) is 0 Å². The maximum absolute atomic E-state index is 12.1. The van der Waals surface area contributed by atoms with Gasteiger partial charge in [0.1, 0.15) is 0 Å². The van der Waals surface area contributed by atoms with Gasteiger partial charge in [-0.2, -0.15) is 0 Å². The van der Waals surface area contributed by atoms with Crippen molar-refractivity contribution in [2.45, 2.75) is 219 Å². The van der Waals surface area contributed by atoms with E-state index in [1.54, 1.807) is 0 Å². The van der Waals surface area contributed by atoms with Gasteiger partial charge in [0.15, 0.2) is 0 Å². The van der Waals surface area contributed by atoms with Crippen molar-refractivity contribution >= 4 is 11.8 Å². The largest absolute Gasteiger partial charge is 0.356 e. The van der Waals surface area contributed by atoms with Crippen LogP contribution in [0.2, 0.25) is 0 Å². The van der Waals surface area contributed by atoms with E-state index < -0.39 is 0 Å². The van der Waals surface area contributed by atoms with Gasteiger partial charge in [-0.3, -0.25) is 9.59 Å². The normalized spacial score (nSPS) is 11.7. The van der Waals surface area contributed by atoms with Gasteiger partial charge in [0.25, 0.3) is 0 Å². The van der Waals surface area contributed by atoms with Crippen LogP contribution in [0.1, 0.15) is 219 Å². The summed E-state index contributed by atoms with van der Waals surface area (Å²) in [6, 6.07) is 0. The van der Waals surface area contributed by atoms with E-state index >= 15 is 0 Å². The summed E-state index contributed by atoms with van der Waals surface area (Å²) in [6.07, 6.45) is 48.5. The molecule has 0 aliphatic carbocycles. The zero-order valence-corrected chi connectivity index (χ0v) is 35.0. The molecule has 0 saturated heterocycles. The van der Waals surface area contributed by atoms with E-state index in [0.717, 1.165) is 77.8 Å². The van der Waals surface area contributed by atoms with Crippen molar-refractivity contribution in [3.63, 3.8) is 0 Å². The van der Waals surface area contributed by atoms with E-state index in [2.05, 4.69) is 59.4 Å². The molecule has 52 heavy (non-hydrogen) atoms. The van der Waals surface area contributed by atoms with E-state index in [1.807, 2.05) is 0 Å². The molecule has 6 heteroatoms. The lowest BCUT2D eigenvalue weighted by Crippen LogP contribution is -2.28. The second-order valence-electron chi connectivity index (χ2n) is 15.3. The Hall–Kier alpha value is -1.66. The Labute approximate surface area is 324 Å². The molecule has 0 fully saturated rings. The molecule has 0 atom stereocenters. The van der Waals surface area contributed by atoms with Crippen LogP contribution < -0.4 is 21.3 Å². The fourth-order valence-corrected chi connectivity index (χ4v) is 6.52. The van der Waals surface area contributed by atoms with Crippen LogP contribution in [0.15, 0.2) is 24.3 Å². The van der Waals surface area contributed by atoms with Crippen molar-refractivity contribution in [2.24, 2.45) is 0 Å². The molecular formula is C46H90N4O2. The third-order valence-electron chi connectivity index (χ3n) is 9.99. The predicted octanol–water partition coefficient (Wildman–Crippen LogP) is 12.0. The van der Waals surface area contributed by atoms with Crippen molar-refractivity contribution in [1.29, 1.82) is 0 Å². The van der Waals surface area contributed by atoms with Gasteiger partial charge >= 0.3 is 0 Å². The number of rotatable bonds is 43. The molecule has 0 radical (unpaired) electrons. The molecule has 2 amide bonds. The van der Waals surface area contributed by atoms with Crippen LogP contribution in [-0.4, -0.2) is 51.1 Å². The quantitative estimate of drug-likeness (QED) is 0.0372. The zero-order valence-electron chi connectivity index (χ0n) is 35.0. The van der Waals surface area contributed by atoms with Crippen LogP contribution in [0, 0.1) is 0 Å². The van der Waals surface area contributed by atoms with Gasteiger partial charge in [-0.05, 0) is 116 Å². The molecule has 4 N–H and O–H groups in total. The molecule has 0 aromatic rings. The third kappa shape index (κ3) is 44.5. The summed E-state index contributed by atoms with van der Waals surface area (Å²) in [5.41, 5.74) is 0. The van der Waals surface area contributed by atoms with E-state index in [4.69, 9.17) is 0 Å². The minimum Gasteiger partial charge on any atom is -0.356 e. The SMILES string of the molecule is CCCCCCCCC=CCCCCCCCC(=O)NCCCNCCCCNCCCNC(=O)CCCCCCCC=CCCCCCCCC. The number of amides is 2. The minimum absolute atomic E-state index is 0.210. The highest BCUT2D eigenvalue weighted by Gasteiger charge is 2.02. The number of carbonyl (C=O) groups excluding carboxylic acids is 2. The van der Waals surface area contributed by atoms with E-state index in [-0.39, 0.29) is 11.8 Å². The number of carbonyl (C=O) groups is 2. The smallest absolute Gasteiger partial charge is 0.219 e. The van der Waals surface area contributed by atoms with E-state index in [1.165, 1.54) is 154 Å². The van der Waals surface area contributed by atoms with Gasteiger partial charge in [-0.25, -0.2) is 0 Å². The maximum Gasteiger partial charge on any atom is 0.219 e. The molecule has 0 aliphatic rings. The average molecular weight is 731 g/mol. The lowest BCUT2D eigenvalue weighted by Gasteiger charge is -2.08. The van der Waals surface area contributed by atoms with Crippen LogP contribution in [0.25, 0.3) is 0 Å². The fraction of sp³-hybridized carbons (Fsp3) is 0.870.